The first-order valence-corrected chi connectivity index (χ1v) is 7.78. The van der Waals surface area contributed by atoms with Crippen LogP contribution < -0.4 is 0 Å². The summed E-state index contributed by atoms with van der Waals surface area (Å²) < 4.78 is 0. The van der Waals surface area contributed by atoms with Gasteiger partial charge in [-0.05, 0) is 51.2 Å². The Hall–Kier alpha value is -0.870. The van der Waals surface area contributed by atoms with Crippen LogP contribution >= 0.6 is 11.3 Å². The first-order valence-electron chi connectivity index (χ1n) is 6.96. The van der Waals surface area contributed by atoms with Crippen LogP contribution in [-0.4, -0.2) is 35.1 Å². The number of carbonyl (C=O) groups is 1. The average molecular weight is 281 g/mol. The Kier molecular flexibility index (Phi) is 4.31. The van der Waals surface area contributed by atoms with Gasteiger partial charge in [0, 0.05) is 18.5 Å². The monoisotopic (exact) mass is 281 g/mol. The summed E-state index contributed by atoms with van der Waals surface area (Å²) in [6.45, 7) is 3.80. The van der Waals surface area contributed by atoms with E-state index in [2.05, 4.69) is 6.07 Å². The highest BCUT2D eigenvalue weighted by Gasteiger charge is 2.23. The van der Waals surface area contributed by atoms with E-state index in [1.165, 1.54) is 29.7 Å². The molecule has 0 atom stereocenters. The Bertz CT molecular complexity index is 436. The lowest BCUT2D eigenvalue weighted by molar-refractivity contribution is 0.0370. The third kappa shape index (κ3) is 3.80. The van der Waals surface area contributed by atoms with Gasteiger partial charge in [-0.2, -0.15) is 0 Å². The lowest BCUT2D eigenvalue weighted by atomic mass is 10.1. The molecule has 3 nitrogen and oxygen atoms in total. The van der Waals surface area contributed by atoms with Gasteiger partial charge in [-0.3, -0.25) is 4.79 Å². The van der Waals surface area contributed by atoms with Crippen LogP contribution in [0.15, 0.2) is 6.07 Å². The van der Waals surface area contributed by atoms with Crippen LogP contribution in [0.3, 0.4) is 0 Å². The molecule has 1 amide bonds. The number of nitrogens with zero attached hydrogens (tertiary/aromatic N) is 1. The van der Waals surface area contributed by atoms with Crippen LogP contribution in [0.2, 0.25) is 0 Å². The number of aryl methyl sites for hydroxylation is 2. The topological polar surface area (TPSA) is 40.5 Å². The minimum atomic E-state index is -0.848. The summed E-state index contributed by atoms with van der Waals surface area (Å²) in [5.41, 5.74) is 0.515. The summed E-state index contributed by atoms with van der Waals surface area (Å²) in [4.78, 5) is 16.2. The van der Waals surface area contributed by atoms with Crippen molar-refractivity contribution < 1.29 is 9.90 Å². The molecule has 0 saturated heterocycles. The molecule has 0 saturated carbocycles. The number of thiophene rings is 1. The number of hydrogen-bond donors (Lipinski definition) is 1. The van der Waals surface area contributed by atoms with E-state index < -0.39 is 5.60 Å². The standard InChI is InChI=1S/C15H23NO2S/c1-15(2,18)10-16(3)14(17)13-9-11-7-5-4-6-8-12(11)19-13/h9,18H,4-8,10H2,1-3H3. The van der Waals surface area contributed by atoms with E-state index in [9.17, 15) is 9.90 Å². The summed E-state index contributed by atoms with van der Waals surface area (Å²) >= 11 is 1.64. The third-order valence-corrected chi connectivity index (χ3v) is 4.65. The van der Waals surface area contributed by atoms with Crippen LogP contribution in [0.4, 0.5) is 0 Å². The maximum absolute atomic E-state index is 12.4. The van der Waals surface area contributed by atoms with Crippen molar-refractivity contribution in [3.05, 3.63) is 21.4 Å². The number of amides is 1. The van der Waals surface area contributed by atoms with E-state index in [0.29, 0.717) is 6.54 Å². The van der Waals surface area contributed by atoms with Crippen molar-refractivity contribution in [2.45, 2.75) is 51.6 Å². The molecule has 106 valence electrons. The van der Waals surface area contributed by atoms with Crippen LogP contribution in [0.5, 0.6) is 0 Å². The highest BCUT2D eigenvalue weighted by molar-refractivity contribution is 7.14. The van der Waals surface area contributed by atoms with Crippen molar-refractivity contribution in [2.75, 3.05) is 13.6 Å². The van der Waals surface area contributed by atoms with Gasteiger partial charge in [0.25, 0.3) is 5.91 Å². The first-order chi connectivity index (χ1) is 8.87. The Morgan fingerprint density at radius 3 is 2.74 bits per heavy atom. The number of fused-ring (bicyclic) bond motifs is 1. The van der Waals surface area contributed by atoms with Crippen molar-refractivity contribution in [1.29, 1.82) is 0 Å². The summed E-state index contributed by atoms with van der Waals surface area (Å²) in [5.74, 6) is 0.0280. The Morgan fingerprint density at radius 2 is 2.05 bits per heavy atom. The van der Waals surface area contributed by atoms with Gasteiger partial charge in [0.15, 0.2) is 0 Å². The maximum Gasteiger partial charge on any atom is 0.263 e. The molecule has 0 spiro atoms. The van der Waals surface area contributed by atoms with Gasteiger partial charge in [0.1, 0.15) is 0 Å². The van der Waals surface area contributed by atoms with Gasteiger partial charge >= 0.3 is 0 Å². The molecule has 0 aromatic carbocycles. The second kappa shape index (κ2) is 5.63. The van der Waals surface area contributed by atoms with Gasteiger partial charge in [-0.15, -0.1) is 11.3 Å². The molecule has 4 heteroatoms. The lowest BCUT2D eigenvalue weighted by Crippen LogP contribution is -2.39. The van der Waals surface area contributed by atoms with Gasteiger partial charge in [-0.25, -0.2) is 0 Å². The van der Waals surface area contributed by atoms with E-state index in [1.807, 2.05) is 0 Å². The summed E-state index contributed by atoms with van der Waals surface area (Å²) in [6.07, 6.45) is 5.98. The number of hydrogen-bond acceptors (Lipinski definition) is 3. The predicted octanol–water partition coefficient (Wildman–Crippen LogP) is 2.86. The molecule has 1 aliphatic rings. The minimum absolute atomic E-state index is 0.0280. The smallest absolute Gasteiger partial charge is 0.263 e. The molecule has 2 rings (SSSR count). The normalized spacial score (nSPS) is 15.8. The molecular formula is C15H23NO2S. The minimum Gasteiger partial charge on any atom is -0.389 e. The predicted molar refractivity (Wildman–Crippen MR) is 78.8 cm³/mol. The zero-order valence-electron chi connectivity index (χ0n) is 12.0. The van der Waals surface area contributed by atoms with Gasteiger partial charge < -0.3 is 10.0 Å². The van der Waals surface area contributed by atoms with Crippen molar-refractivity contribution in [2.24, 2.45) is 0 Å². The SMILES string of the molecule is CN(CC(C)(C)O)C(=O)c1cc2c(s1)CCCCC2. The Labute approximate surface area is 119 Å². The average Bonchev–Trinajstić information content (AvgIpc) is 2.57. The second-order valence-electron chi connectivity index (χ2n) is 6.09. The van der Waals surface area contributed by atoms with E-state index in [-0.39, 0.29) is 5.91 Å². The largest absolute Gasteiger partial charge is 0.389 e. The second-order valence-corrected chi connectivity index (χ2v) is 7.23. The van der Waals surface area contributed by atoms with Crippen LogP contribution in [0.1, 0.15) is 53.2 Å². The van der Waals surface area contributed by atoms with Crippen molar-refractivity contribution >= 4 is 17.2 Å². The van der Waals surface area contributed by atoms with Gasteiger partial charge in [0.2, 0.25) is 0 Å². The molecular weight excluding hydrogens is 258 g/mol. The maximum atomic E-state index is 12.4. The molecule has 1 aromatic rings. The van der Waals surface area contributed by atoms with Gasteiger partial charge in [0.05, 0.1) is 10.5 Å². The fourth-order valence-corrected chi connectivity index (χ4v) is 3.86. The summed E-state index contributed by atoms with van der Waals surface area (Å²) in [5, 5.41) is 9.79. The molecule has 19 heavy (non-hydrogen) atoms. The summed E-state index contributed by atoms with van der Waals surface area (Å²) in [7, 11) is 1.76. The van der Waals surface area contributed by atoms with E-state index in [1.54, 1.807) is 37.1 Å². The van der Waals surface area contributed by atoms with Crippen molar-refractivity contribution in [3.63, 3.8) is 0 Å². The molecule has 1 aliphatic carbocycles. The molecule has 0 bridgehead atoms. The molecule has 0 aliphatic heterocycles. The third-order valence-electron chi connectivity index (χ3n) is 3.43. The van der Waals surface area contributed by atoms with E-state index in [0.717, 1.165) is 17.7 Å². The van der Waals surface area contributed by atoms with Crippen molar-refractivity contribution in [1.82, 2.24) is 4.90 Å². The number of carbonyl (C=O) groups excluding carboxylic acids is 1. The van der Waals surface area contributed by atoms with Crippen molar-refractivity contribution in [3.8, 4) is 0 Å². The highest BCUT2D eigenvalue weighted by Crippen LogP contribution is 2.29. The number of likely N-dealkylation sites (N-methyl/N-ethyl adjacent to an activating group) is 1. The molecule has 0 radical (unpaired) electrons. The van der Waals surface area contributed by atoms with Gasteiger partial charge in [-0.1, -0.05) is 6.42 Å². The number of aliphatic hydroxyl groups is 1. The molecule has 1 aromatic heterocycles. The highest BCUT2D eigenvalue weighted by atomic mass is 32.1. The quantitative estimate of drug-likeness (QED) is 0.866. The zero-order valence-corrected chi connectivity index (χ0v) is 12.8. The van der Waals surface area contributed by atoms with Crippen LogP contribution in [0.25, 0.3) is 0 Å². The fraction of sp³-hybridized carbons (Fsp3) is 0.667. The van der Waals surface area contributed by atoms with E-state index in [4.69, 9.17) is 0 Å². The lowest BCUT2D eigenvalue weighted by Gasteiger charge is -2.25. The summed E-state index contributed by atoms with van der Waals surface area (Å²) in [6, 6.07) is 2.06. The molecule has 1 heterocycles. The molecule has 0 fully saturated rings. The van der Waals surface area contributed by atoms with Crippen LogP contribution in [0, 0.1) is 0 Å². The fourth-order valence-electron chi connectivity index (χ4n) is 2.61. The van der Waals surface area contributed by atoms with Crippen LogP contribution in [-0.2, 0) is 12.8 Å². The Morgan fingerprint density at radius 1 is 1.37 bits per heavy atom. The molecule has 0 unspecified atom stereocenters. The zero-order chi connectivity index (χ0) is 14.0. The number of rotatable bonds is 3. The Balaban J connectivity index is 2.11. The van der Waals surface area contributed by atoms with E-state index >= 15 is 0 Å². The molecule has 1 N–H and O–H groups in total. The first kappa shape index (κ1) is 14.5.